The second-order valence-electron chi connectivity index (χ2n) is 4.78. The molecule has 0 bridgehead atoms. The Kier molecular flexibility index (Phi) is 3.64. The second kappa shape index (κ2) is 5.59. The minimum absolute atomic E-state index is 0.658. The third kappa shape index (κ3) is 2.63. The summed E-state index contributed by atoms with van der Waals surface area (Å²) < 4.78 is 7.07. The van der Waals surface area contributed by atoms with Crippen LogP contribution in [0, 0.1) is 18.3 Å². The number of nitrogens with zero attached hydrogens (tertiary/aromatic N) is 1. The molecule has 0 aliphatic heterocycles. The number of rotatable bonds is 2. The minimum Gasteiger partial charge on any atom is -0.456 e. The molecule has 0 aliphatic rings. The summed E-state index contributed by atoms with van der Waals surface area (Å²) in [5.41, 5.74) is 1.71. The van der Waals surface area contributed by atoms with Crippen LogP contribution in [0.5, 0.6) is 11.5 Å². The Labute approximate surface area is 131 Å². The summed E-state index contributed by atoms with van der Waals surface area (Å²) in [7, 11) is 0. The Bertz CT molecular complexity index is 865. The van der Waals surface area contributed by atoms with Crippen LogP contribution in [0.25, 0.3) is 10.8 Å². The first-order valence-corrected chi connectivity index (χ1v) is 7.34. The normalized spacial score (nSPS) is 10.3. The molecule has 3 aromatic carbocycles. The highest BCUT2D eigenvalue weighted by molar-refractivity contribution is 9.10. The highest BCUT2D eigenvalue weighted by Gasteiger charge is 2.08. The Hall–Kier alpha value is -2.31. The van der Waals surface area contributed by atoms with Crippen molar-refractivity contribution in [2.24, 2.45) is 0 Å². The van der Waals surface area contributed by atoms with Crippen LogP contribution in [0.4, 0.5) is 0 Å². The van der Waals surface area contributed by atoms with Crippen molar-refractivity contribution < 1.29 is 4.74 Å². The van der Waals surface area contributed by atoms with Crippen molar-refractivity contribution in [1.29, 1.82) is 5.26 Å². The molecule has 0 saturated heterocycles. The van der Waals surface area contributed by atoms with E-state index in [2.05, 4.69) is 22.0 Å². The Morgan fingerprint density at radius 3 is 2.38 bits per heavy atom. The van der Waals surface area contributed by atoms with Gasteiger partial charge in [-0.25, -0.2) is 0 Å². The number of nitriles is 1. The van der Waals surface area contributed by atoms with Crippen LogP contribution in [-0.4, -0.2) is 0 Å². The molecule has 0 unspecified atom stereocenters. The molecular weight excluding hydrogens is 326 g/mol. The second-order valence-corrected chi connectivity index (χ2v) is 5.70. The molecule has 3 rings (SSSR count). The van der Waals surface area contributed by atoms with Crippen LogP contribution in [0.15, 0.2) is 59.1 Å². The molecule has 3 heteroatoms. The fourth-order valence-corrected chi connectivity index (χ4v) is 2.78. The average Bonchev–Trinajstić information content (AvgIpc) is 2.50. The standard InChI is InChI=1S/C18H12BrNO/c1-12-10-14(19)7-9-17(12)21-18-8-6-13(11-20)15-4-2-3-5-16(15)18/h2-10H,1H3. The van der Waals surface area contributed by atoms with Gasteiger partial charge in [0.05, 0.1) is 11.6 Å². The van der Waals surface area contributed by atoms with Gasteiger partial charge in [0.15, 0.2) is 0 Å². The topological polar surface area (TPSA) is 33.0 Å². The van der Waals surface area contributed by atoms with Gasteiger partial charge in [-0.05, 0) is 42.8 Å². The Balaban J connectivity index is 2.12. The zero-order valence-corrected chi connectivity index (χ0v) is 13.0. The third-order valence-electron chi connectivity index (χ3n) is 3.36. The summed E-state index contributed by atoms with van der Waals surface area (Å²) >= 11 is 3.45. The monoisotopic (exact) mass is 337 g/mol. The molecular formula is C18H12BrNO. The third-order valence-corrected chi connectivity index (χ3v) is 3.85. The molecule has 0 heterocycles. The predicted molar refractivity (Wildman–Crippen MR) is 87.6 cm³/mol. The number of fused-ring (bicyclic) bond motifs is 1. The summed E-state index contributed by atoms with van der Waals surface area (Å²) in [5.74, 6) is 1.57. The maximum atomic E-state index is 9.19. The molecule has 0 amide bonds. The largest absolute Gasteiger partial charge is 0.456 e. The van der Waals surface area contributed by atoms with Gasteiger partial charge in [0, 0.05) is 15.2 Å². The Morgan fingerprint density at radius 1 is 0.952 bits per heavy atom. The van der Waals surface area contributed by atoms with Gasteiger partial charge in [-0.3, -0.25) is 0 Å². The van der Waals surface area contributed by atoms with E-state index in [1.54, 1.807) is 6.07 Å². The molecule has 0 fully saturated rings. The molecule has 2 nitrogen and oxygen atoms in total. The van der Waals surface area contributed by atoms with Gasteiger partial charge in [0.2, 0.25) is 0 Å². The van der Waals surface area contributed by atoms with E-state index in [1.165, 1.54) is 0 Å². The van der Waals surface area contributed by atoms with Gasteiger partial charge in [0.1, 0.15) is 11.5 Å². The van der Waals surface area contributed by atoms with Crippen LogP contribution >= 0.6 is 15.9 Å². The van der Waals surface area contributed by atoms with Crippen LogP contribution in [0.2, 0.25) is 0 Å². The van der Waals surface area contributed by atoms with Crippen LogP contribution in [-0.2, 0) is 0 Å². The summed E-state index contributed by atoms with van der Waals surface area (Å²) in [6.45, 7) is 2.01. The van der Waals surface area contributed by atoms with Gasteiger partial charge in [0.25, 0.3) is 0 Å². The lowest BCUT2D eigenvalue weighted by Gasteiger charge is -2.12. The molecule has 0 radical (unpaired) electrons. The van der Waals surface area contributed by atoms with Crippen molar-refractivity contribution in [3.05, 3.63) is 70.2 Å². The number of ether oxygens (including phenoxy) is 1. The summed E-state index contributed by atoms with van der Waals surface area (Å²) in [6, 6.07) is 19.6. The van der Waals surface area contributed by atoms with E-state index in [-0.39, 0.29) is 0 Å². The first-order chi connectivity index (χ1) is 10.2. The first-order valence-electron chi connectivity index (χ1n) is 6.55. The van der Waals surface area contributed by atoms with Gasteiger partial charge in [-0.1, -0.05) is 40.2 Å². The maximum absolute atomic E-state index is 9.19. The lowest BCUT2D eigenvalue weighted by atomic mass is 10.0. The van der Waals surface area contributed by atoms with Gasteiger partial charge in [-0.2, -0.15) is 5.26 Å². The van der Waals surface area contributed by atoms with Gasteiger partial charge < -0.3 is 4.74 Å². The van der Waals surface area contributed by atoms with E-state index in [9.17, 15) is 5.26 Å². The summed E-state index contributed by atoms with van der Waals surface area (Å²) in [6.07, 6.45) is 0. The smallest absolute Gasteiger partial charge is 0.135 e. The molecule has 21 heavy (non-hydrogen) atoms. The van der Waals surface area contributed by atoms with E-state index < -0.39 is 0 Å². The van der Waals surface area contributed by atoms with Gasteiger partial charge >= 0.3 is 0 Å². The van der Waals surface area contributed by atoms with E-state index >= 15 is 0 Å². The minimum atomic E-state index is 0.658. The predicted octanol–water partition coefficient (Wildman–Crippen LogP) is 5.57. The van der Waals surface area contributed by atoms with E-state index in [4.69, 9.17) is 4.74 Å². The van der Waals surface area contributed by atoms with Crippen LogP contribution in [0.1, 0.15) is 11.1 Å². The zero-order chi connectivity index (χ0) is 14.8. The number of benzene rings is 3. The number of hydrogen-bond acceptors (Lipinski definition) is 2. The number of aryl methyl sites for hydroxylation is 1. The summed E-state index contributed by atoms with van der Waals surface area (Å²) in [5, 5.41) is 11.0. The number of halogens is 1. The van der Waals surface area contributed by atoms with Crippen molar-refractivity contribution in [3.63, 3.8) is 0 Å². The van der Waals surface area contributed by atoms with Gasteiger partial charge in [-0.15, -0.1) is 0 Å². The van der Waals surface area contributed by atoms with Crippen LogP contribution < -0.4 is 4.74 Å². The molecule has 3 aromatic rings. The lowest BCUT2D eigenvalue weighted by Crippen LogP contribution is -1.90. The Morgan fingerprint density at radius 2 is 1.67 bits per heavy atom. The lowest BCUT2D eigenvalue weighted by molar-refractivity contribution is 0.484. The summed E-state index contributed by atoms with van der Waals surface area (Å²) in [4.78, 5) is 0. The molecule has 0 aliphatic carbocycles. The highest BCUT2D eigenvalue weighted by Crippen LogP contribution is 2.33. The van der Waals surface area contributed by atoms with Crippen LogP contribution in [0.3, 0.4) is 0 Å². The quantitative estimate of drug-likeness (QED) is 0.611. The highest BCUT2D eigenvalue weighted by atomic mass is 79.9. The van der Waals surface area contributed by atoms with E-state index in [0.29, 0.717) is 5.56 Å². The fourth-order valence-electron chi connectivity index (χ4n) is 2.30. The molecule has 0 spiro atoms. The van der Waals surface area contributed by atoms with Crippen molar-refractivity contribution in [1.82, 2.24) is 0 Å². The number of hydrogen-bond donors (Lipinski definition) is 0. The van der Waals surface area contributed by atoms with Crippen molar-refractivity contribution in [2.75, 3.05) is 0 Å². The molecule has 0 N–H and O–H groups in total. The fraction of sp³-hybridized carbons (Fsp3) is 0.0556. The van der Waals surface area contributed by atoms with Crippen molar-refractivity contribution in [3.8, 4) is 17.6 Å². The van der Waals surface area contributed by atoms with Crippen molar-refractivity contribution in [2.45, 2.75) is 6.92 Å². The van der Waals surface area contributed by atoms with E-state index in [1.807, 2.05) is 55.5 Å². The first kappa shape index (κ1) is 13.7. The average molecular weight is 338 g/mol. The van der Waals surface area contributed by atoms with Crippen molar-refractivity contribution >= 4 is 26.7 Å². The molecule has 0 atom stereocenters. The zero-order valence-electron chi connectivity index (χ0n) is 11.4. The molecule has 102 valence electrons. The van der Waals surface area contributed by atoms with E-state index in [0.717, 1.165) is 32.3 Å². The molecule has 0 aromatic heterocycles. The maximum Gasteiger partial charge on any atom is 0.135 e. The SMILES string of the molecule is Cc1cc(Br)ccc1Oc1ccc(C#N)c2ccccc12. The molecule has 0 saturated carbocycles.